The van der Waals surface area contributed by atoms with Crippen LogP contribution >= 0.6 is 0 Å². The van der Waals surface area contributed by atoms with Gasteiger partial charge in [-0.3, -0.25) is 9.59 Å². The number of carboxylic acids is 1. The normalized spacial score (nSPS) is 13.3. The van der Waals surface area contributed by atoms with Gasteiger partial charge in [-0.1, -0.05) is 228 Å². The lowest BCUT2D eigenvalue weighted by atomic mass is 10.0. The van der Waals surface area contributed by atoms with Crippen LogP contribution in [0, 0.1) is 0 Å². The van der Waals surface area contributed by atoms with E-state index in [2.05, 4.69) is 86.8 Å². The molecule has 9 heteroatoms. The van der Waals surface area contributed by atoms with Crippen molar-refractivity contribution in [3.63, 3.8) is 0 Å². The molecule has 72 heavy (non-hydrogen) atoms. The number of quaternary nitrogens is 1. The van der Waals surface area contributed by atoms with Gasteiger partial charge in [0.25, 0.3) is 6.29 Å². The highest BCUT2D eigenvalue weighted by Gasteiger charge is 2.25. The monoisotopic (exact) mass is 1010 g/mol. The average molecular weight is 1010 g/mol. The van der Waals surface area contributed by atoms with Gasteiger partial charge < -0.3 is 28.5 Å². The quantitative estimate of drug-likeness (QED) is 0.0211. The molecule has 0 aromatic rings. The summed E-state index contributed by atoms with van der Waals surface area (Å²) >= 11 is 0. The van der Waals surface area contributed by atoms with Crippen LogP contribution in [-0.4, -0.2) is 87.4 Å². The molecule has 416 valence electrons. The van der Waals surface area contributed by atoms with Crippen molar-refractivity contribution in [3.05, 3.63) is 72.9 Å². The van der Waals surface area contributed by atoms with Crippen molar-refractivity contribution in [1.82, 2.24) is 0 Å². The highest BCUT2D eigenvalue weighted by molar-refractivity contribution is 5.71. The summed E-state index contributed by atoms with van der Waals surface area (Å²) in [5.74, 6) is -2.01. The average Bonchev–Trinajstić information content (AvgIpc) is 3.35. The van der Waals surface area contributed by atoms with Crippen molar-refractivity contribution in [2.45, 2.75) is 264 Å². The summed E-state index contributed by atoms with van der Waals surface area (Å²) in [5, 5.41) is 9.69. The second kappa shape index (κ2) is 54.0. The third kappa shape index (κ3) is 54.5. The Morgan fingerprint density at radius 3 is 1.19 bits per heavy atom. The van der Waals surface area contributed by atoms with E-state index in [1.807, 2.05) is 21.1 Å². The van der Waals surface area contributed by atoms with Crippen LogP contribution in [0.2, 0.25) is 0 Å². The van der Waals surface area contributed by atoms with Crippen molar-refractivity contribution in [1.29, 1.82) is 0 Å². The van der Waals surface area contributed by atoms with E-state index >= 15 is 0 Å². The van der Waals surface area contributed by atoms with Crippen LogP contribution in [0.3, 0.4) is 0 Å². The van der Waals surface area contributed by atoms with Crippen LogP contribution in [0.25, 0.3) is 0 Å². The number of likely N-dealkylation sites (N-methyl/N-ethyl adjacent to an activating group) is 1. The van der Waals surface area contributed by atoms with Crippen molar-refractivity contribution in [2.75, 3.05) is 47.5 Å². The van der Waals surface area contributed by atoms with Crippen LogP contribution in [0.5, 0.6) is 0 Å². The molecule has 2 atom stereocenters. The van der Waals surface area contributed by atoms with Crippen LogP contribution in [0.4, 0.5) is 0 Å². The lowest BCUT2D eigenvalue weighted by Gasteiger charge is -2.25. The molecule has 1 N–H and O–H groups in total. The maximum absolute atomic E-state index is 12.9. The van der Waals surface area contributed by atoms with Crippen LogP contribution < -0.4 is 0 Å². The summed E-state index contributed by atoms with van der Waals surface area (Å²) in [6, 6.07) is 0. The van der Waals surface area contributed by atoms with E-state index in [1.54, 1.807) is 0 Å². The fourth-order valence-electron chi connectivity index (χ4n) is 8.15. The lowest BCUT2D eigenvalue weighted by Crippen LogP contribution is -2.40. The first kappa shape index (κ1) is 68.7. The predicted octanol–water partition coefficient (Wildman–Crippen LogP) is 17.4. The fraction of sp³-hybridized carbons (Fsp3) is 0.762. The number of nitrogens with zero attached hydrogens (tertiary/aromatic N) is 1. The summed E-state index contributed by atoms with van der Waals surface area (Å²) in [5.41, 5.74) is 0. The van der Waals surface area contributed by atoms with E-state index in [-0.39, 0.29) is 32.2 Å². The van der Waals surface area contributed by atoms with Gasteiger partial charge in [-0.15, -0.1) is 0 Å². The predicted molar refractivity (Wildman–Crippen MR) is 304 cm³/mol. The molecule has 0 radical (unpaired) electrons. The molecule has 2 unspecified atom stereocenters. The molecule has 0 saturated carbocycles. The zero-order valence-electron chi connectivity index (χ0n) is 47.3. The summed E-state index contributed by atoms with van der Waals surface area (Å²) in [4.78, 5) is 37.4. The van der Waals surface area contributed by atoms with Crippen LogP contribution in [-0.2, 0) is 33.3 Å². The van der Waals surface area contributed by atoms with Gasteiger partial charge in [-0.05, 0) is 83.5 Å². The maximum atomic E-state index is 12.9. The van der Waals surface area contributed by atoms with Gasteiger partial charge in [0.1, 0.15) is 13.2 Å². The fourth-order valence-corrected chi connectivity index (χ4v) is 8.15. The molecule has 0 aliphatic carbocycles. The molecule has 0 aromatic carbocycles. The van der Waals surface area contributed by atoms with E-state index in [0.29, 0.717) is 17.4 Å². The van der Waals surface area contributed by atoms with Gasteiger partial charge in [-0.25, -0.2) is 4.79 Å². The summed E-state index contributed by atoms with van der Waals surface area (Å²) in [6.45, 7) is 4.76. The summed E-state index contributed by atoms with van der Waals surface area (Å²) in [7, 11) is 5.97. The molecule has 0 aromatic heterocycles. The number of aliphatic carboxylic acids is 1. The highest BCUT2D eigenvalue weighted by atomic mass is 16.7. The number of carboxylic acid groups (broad SMARTS) is 1. The number of carbonyl (C=O) groups excluding carboxylic acids is 2. The Kier molecular flexibility index (Phi) is 51.6. The van der Waals surface area contributed by atoms with Gasteiger partial charge >= 0.3 is 17.9 Å². The molecule has 0 bridgehead atoms. The molecule has 0 aliphatic rings. The Balaban J connectivity index is 4.11. The molecular formula is C63H112NO8+. The third-order valence-corrected chi connectivity index (χ3v) is 12.7. The number of unbranched alkanes of at least 4 members (excludes halogenated alkanes) is 27. The van der Waals surface area contributed by atoms with Gasteiger partial charge in [0, 0.05) is 12.8 Å². The van der Waals surface area contributed by atoms with E-state index in [0.717, 1.165) is 89.9 Å². The zero-order chi connectivity index (χ0) is 52.7. The number of ether oxygens (including phenoxy) is 4. The number of allylic oxidation sites excluding steroid dienone is 12. The zero-order valence-corrected chi connectivity index (χ0v) is 47.3. The second-order valence-corrected chi connectivity index (χ2v) is 20.9. The molecule has 0 amide bonds. The summed E-state index contributed by atoms with van der Waals surface area (Å²) in [6.07, 6.45) is 67.0. The highest BCUT2D eigenvalue weighted by Crippen LogP contribution is 2.16. The van der Waals surface area contributed by atoms with Crippen molar-refractivity contribution >= 4 is 17.9 Å². The number of esters is 2. The minimum absolute atomic E-state index is 0.186. The Hall–Kier alpha value is -3.27. The molecule has 9 nitrogen and oxygen atoms in total. The third-order valence-electron chi connectivity index (χ3n) is 12.7. The first-order chi connectivity index (χ1) is 35.1. The van der Waals surface area contributed by atoms with Crippen molar-refractivity contribution in [3.8, 4) is 0 Å². The Labute approximate surface area is 443 Å². The summed E-state index contributed by atoms with van der Waals surface area (Å²) < 4.78 is 22.9. The topological polar surface area (TPSA) is 108 Å². The van der Waals surface area contributed by atoms with Crippen LogP contribution in [0.1, 0.15) is 251 Å². The van der Waals surface area contributed by atoms with E-state index in [4.69, 9.17) is 18.9 Å². The van der Waals surface area contributed by atoms with Crippen LogP contribution in [0.15, 0.2) is 72.9 Å². The Morgan fingerprint density at radius 1 is 0.431 bits per heavy atom. The van der Waals surface area contributed by atoms with Gasteiger partial charge in [0.05, 0.1) is 34.4 Å². The molecule has 0 rings (SSSR count). The molecule has 0 aliphatic heterocycles. The van der Waals surface area contributed by atoms with E-state index in [9.17, 15) is 19.5 Å². The Morgan fingerprint density at radius 2 is 0.792 bits per heavy atom. The smallest absolute Gasteiger partial charge is 0.361 e. The minimum Gasteiger partial charge on any atom is -0.477 e. The number of rotatable bonds is 54. The first-order valence-corrected chi connectivity index (χ1v) is 29.6. The standard InChI is InChI=1S/C63H111NO8/c1-6-8-10-12-14-16-18-20-22-23-24-25-26-27-28-29-30-31-32-33-34-35-36-37-38-39-40-42-44-46-48-50-52-54-61(66)72-59(58-71-63(62(67)68)69-56-55-64(3,4)5)57-70-60(65)53-51-49-47-45-43-41-21-19-17-15-13-11-9-7-2/h8,10,14,16,19-22,24-25,27-28,59,63H,6-7,9,11-13,15,17-18,23,26,29-58H2,1-5H3/p+1/b10-8-,16-14-,21-19-,22-20-,25-24-,28-27-. The largest absolute Gasteiger partial charge is 0.477 e. The molecule has 0 spiro atoms. The first-order valence-electron chi connectivity index (χ1n) is 29.6. The minimum atomic E-state index is -1.51. The molecular weight excluding hydrogens is 899 g/mol. The van der Waals surface area contributed by atoms with Gasteiger partial charge in [0.15, 0.2) is 6.10 Å². The second-order valence-electron chi connectivity index (χ2n) is 20.9. The lowest BCUT2D eigenvalue weighted by molar-refractivity contribution is -0.870. The number of hydrogen-bond acceptors (Lipinski definition) is 7. The van der Waals surface area contributed by atoms with Crippen molar-refractivity contribution in [2.24, 2.45) is 0 Å². The van der Waals surface area contributed by atoms with Gasteiger partial charge in [-0.2, -0.15) is 0 Å². The Bertz CT molecular complexity index is 1410. The van der Waals surface area contributed by atoms with E-state index in [1.165, 1.54) is 135 Å². The molecule has 0 fully saturated rings. The molecule has 0 heterocycles. The SMILES string of the molecule is CC/C=C\C/C=C\C/C=C\C/C=C\C/C=C\CCCCCCCCCCCCCCCCCCCC(=O)OC(COC(=O)CCCCCCC/C=C\CCCCCCC)COC(OCC[N+](C)(C)C)C(=O)O. The van der Waals surface area contributed by atoms with Gasteiger partial charge in [0.2, 0.25) is 0 Å². The molecule has 0 saturated heterocycles. The maximum Gasteiger partial charge on any atom is 0.361 e. The number of hydrogen-bond donors (Lipinski definition) is 1. The van der Waals surface area contributed by atoms with E-state index < -0.39 is 24.3 Å². The van der Waals surface area contributed by atoms with Crippen molar-refractivity contribution < 1.29 is 42.9 Å². The number of carbonyl (C=O) groups is 3.